The molecule has 1 amide bonds. The van der Waals surface area contributed by atoms with Gasteiger partial charge in [-0.1, -0.05) is 23.8 Å². The fourth-order valence-corrected chi connectivity index (χ4v) is 3.42. The van der Waals surface area contributed by atoms with Crippen molar-refractivity contribution in [1.82, 2.24) is 10.4 Å². The van der Waals surface area contributed by atoms with E-state index in [-0.39, 0.29) is 17.4 Å². The largest absolute Gasteiger partial charge is 0.507 e. The minimum Gasteiger partial charge on any atom is -0.507 e. The average Bonchev–Trinajstić information content (AvgIpc) is 2.61. The third-order valence-electron chi connectivity index (χ3n) is 3.74. The minimum absolute atomic E-state index is 0.119. The number of phenols is 1. The lowest BCUT2D eigenvalue weighted by Crippen LogP contribution is -2.19. The number of carbonyl (C=O) groups excluding carboxylic acids is 1. The molecule has 6 heteroatoms. The van der Waals surface area contributed by atoms with Gasteiger partial charge in [0.1, 0.15) is 5.75 Å². The highest BCUT2D eigenvalue weighted by atomic mass is 32.2. The van der Waals surface area contributed by atoms with Crippen LogP contribution in [0.4, 0.5) is 0 Å². The van der Waals surface area contributed by atoms with Gasteiger partial charge in [-0.2, -0.15) is 5.10 Å². The highest BCUT2D eigenvalue weighted by Crippen LogP contribution is 2.28. The summed E-state index contributed by atoms with van der Waals surface area (Å²) in [7, 11) is 0. The number of aromatic nitrogens is 1. The monoisotopic (exact) mass is 365 g/mol. The normalized spacial score (nSPS) is 11.2. The number of aryl methyl sites for hydroxylation is 2. The molecule has 1 aromatic heterocycles. The number of aromatic hydroxyl groups is 1. The zero-order valence-corrected chi connectivity index (χ0v) is 15.4. The predicted octanol–water partition coefficient (Wildman–Crippen LogP) is 3.80. The second kappa shape index (κ2) is 8.01. The standard InChI is InChI=1S/C20H19N3O2S/c1-13-7-8-17-16(9-13)19(10-14(2)22-17)26-12-20(25)23-21-11-15-5-3-4-6-18(15)24/h3-11,24H,12H2,1-2H3,(H,23,25)/b21-11-. The van der Waals surface area contributed by atoms with Gasteiger partial charge in [0.2, 0.25) is 5.91 Å². The molecule has 0 unspecified atom stereocenters. The number of pyridine rings is 1. The fraction of sp³-hybridized carbons (Fsp3) is 0.150. The van der Waals surface area contributed by atoms with E-state index in [4.69, 9.17) is 0 Å². The molecule has 0 aliphatic heterocycles. The number of fused-ring (bicyclic) bond motifs is 1. The van der Waals surface area contributed by atoms with Crippen LogP contribution in [0.3, 0.4) is 0 Å². The molecule has 3 rings (SSSR count). The van der Waals surface area contributed by atoms with Crippen molar-refractivity contribution in [2.45, 2.75) is 18.7 Å². The third-order valence-corrected chi connectivity index (χ3v) is 4.80. The van der Waals surface area contributed by atoms with Crippen LogP contribution in [0.5, 0.6) is 5.75 Å². The van der Waals surface area contributed by atoms with Gasteiger partial charge in [0.05, 0.1) is 17.5 Å². The van der Waals surface area contributed by atoms with E-state index in [0.29, 0.717) is 5.56 Å². The molecule has 0 atom stereocenters. The third kappa shape index (κ3) is 4.40. The van der Waals surface area contributed by atoms with Crippen LogP contribution >= 0.6 is 11.8 Å². The van der Waals surface area contributed by atoms with E-state index in [1.54, 1.807) is 24.3 Å². The Balaban J connectivity index is 1.65. The van der Waals surface area contributed by atoms with Crippen molar-refractivity contribution < 1.29 is 9.90 Å². The molecular weight excluding hydrogens is 346 g/mol. The van der Waals surface area contributed by atoms with Gasteiger partial charge in [-0.25, -0.2) is 5.43 Å². The lowest BCUT2D eigenvalue weighted by Gasteiger charge is -2.08. The molecule has 0 radical (unpaired) electrons. The number of rotatable bonds is 5. The number of hydrogen-bond acceptors (Lipinski definition) is 5. The van der Waals surface area contributed by atoms with Crippen LogP contribution < -0.4 is 5.43 Å². The molecule has 5 nitrogen and oxygen atoms in total. The first kappa shape index (κ1) is 17.9. The number of nitrogens with one attached hydrogen (secondary N) is 1. The van der Waals surface area contributed by atoms with Gasteiger partial charge >= 0.3 is 0 Å². The van der Waals surface area contributed by atoms with Gasteiger partial charge in [0, 0.05) is 21.5 Å². The predicted molar refractivity (Wildman–Crippen MR) is 106 cm³/mol. The minimum atomic E-state index is -0.211. The van der Waals surface area contributed by atoms with Crippen molar-refractivity contribution in [3.8, 4) is 5.75 Å². The molecule has 0 saturated carbocycles. The summed E-state index contributed by atoms with van der Waals surface area (Å²) in [6.45, 7) is 3.98. The summed E-state index contributed by atoms with van der Waals surface area (Å²) in [5, 5.41) is 14.6. The van der Waals surface area contributed by atoms with E-state index in [0.717, 1.165) is 27.1 Å². The number of thioether (sulfide) groups is 1. The maximum Gasteiger partial charge on any atom is 0.250 e. The van der Waals surface area contributed by atoms with Crippen LogP contribution in [0.15, 0.2) is 58.5 Å². The van der Waals surface area contributed by atoms with Gasteiger partial charge in [-0.15, -0.1) is 11.8 Å². The second-order valence-corrected chi connectivity index (χ2v) is 6.94. The fourth-order valence-electron chi connectivity index (χ4n) is 2.50. The first-order valence-corrected chi connectivity index (χ1v) is 9.12. The molecule has 2 N–H and O–H groups in total. The Morgan fingerprint density at radius 1 is 1.23 bits per heavy atom. The van der Waals surface area contributed by atoms with Crippen LogP contribution in [-0.2, 0) is 4.79 Å². The number of benzene rings is 2. The average molecular weight is 365 g/mol. The maximum atomic E-state index is 12.1. The molecule has 0 aliphatic carbocycles. The Labute approximate surface area is 156 Å². The molecule has 1 heterocycles. The second-order valence-electron chi connectivity index (χ2n) is 5.92. The van der Waals surface area contributed by atoms with Crippen LogP contribution in [0.2, 0.25) is 0 Å². The van der Waals surface area contributed by atoms with E-state index in [2.05, 4.69) is 21.6 Å². The molecular formula is C20H19N3O2S. The summed E-state index contributed by atoms with van der Waals surface area (Å²) in [6, 6.07) is 14.9. The van der Waals surface area contributed by atoms with Gasteiger partial charge < -0.3 is 5.11 Å². The molecule has 0 bridgehead atoms. The number of nitrogens with zero attached hydrogens (tertiary/aromatic N) is 2. The summed E-state index contributed by atoms with van der Waals surface area (Å²) >= 11 is 1.45. The lowest BCUT2D eigenvalue weighted by molar-refractivity contribution is -0.118. The molecule has 132 valence electrons. The van der Waals surface area contributed by atoms with Crippen LogP contribution in [-0.4, -0.2) is 28.0 Å². The Bertz CT molecular complexity index is 986. The maximum absolute atomic E-state index is 12.1. The number of carbonyl (C=O) groups is 1. The molecule has 3 aromatic rings. The van der Waals surface area contributed by atoms with E-state index >= 15 is 0 Å². The summed E-state index contributed by atoms with van der Waals surface area (Å²) in [5.41, 5.74) is 6.03. The molecule has 26 heavy (non-hydrogen) atoms. The number of hydrogen-bond donors (Lipinski definition) is 2. The van der Waals surface area contributed by atoms with Crippen molar-refractivity contribution in [3.63, 3.8) is 0 Å². The quantitative estimate of drug-likeness (QED) is 0.410. The van der Waals surface area contributed by atoms with Crippen molar-refractivity contribution in [2.24, 2.45) is 5.10 Å². The molecule has 0 saturated heterocycles. The topological polar surface area (TPSA) is 74.6 Å². The highest BCUT2D eigenvalue weighted by molar-refractivity contribution is 8.00. The highest BCUT2D eigenvalue weighted by Gasteiger charge is 2.08. The van der Waals surface area contributed by atoms with Crippen molar-refractivity contribution in [1.29, 1.82) is 0 Å². The SMILES string of the molecule is Cc1ccc2nc(C)cc(SCC(=O)N/N=C\c3ccccc3O)c2c1. The van der Waals surface area contributed by atoms with E-state index in [1.165, 1.54) is 18.0 Å². The van der Waals surface area contributed by atoms with Crippen LogP contribution in [0.25, 0.3) is 10.9 Å². The first-order valence-electron chi connectivity index (χ1n) is 8.13. The number of amides is 1. The van der Waals surface area contributed by atoms with Crippen LogP contribution in [0.1, 0.15) is 16.8 Å². The summed E-state index contributed by atoms with van der Waals surface area (Å²) in [6.07, 6.45) is 1.42. The van der Waals surface area contributed by atoms with E-state index < -0.39 is 0 Å². The Morgan fingerprint density at radius 2 is 2.04 bits per heavy atom. The molecule has 0 spiro atoms. The Morgan fingerprint density at radius 3 is 2.85 bits per heavy atom. The zero-order chi connectivity index (χ0) is 18.5. The Kier molecular flexibility index (Phi) is 5.53. The molecule has 0 fully saturated rings. The van der Waals surface area contributed by atoms with E-state index in [1.807, 2.05) is 32.0 Å². The van der Waals surface area contributed by atoms with Crippen molar-refractivity contribution >= 4 is 34.8 Å². The molecule has 0 aliphatic rings. The van der Waals surface area contributed by atoms with Crippen LogP contribution in [0, 0.1) is 13.8 Å². The smallest absolute Gasteiger partial charge is 0.250 e. The Hall–Kier alpha value is -2.86. The first-order chi connectivity index (χ1) is 12.5. The molecule has 2 aromatic carbocycles. The number of para-hydroxylation sites is 1. The summed E-state index contributed by atoms with van der Waals surface area (Å²) in [5.74, 6) is 0.149. The van der Waals surface area contributed by atoms with Gasteiger partial charge in [-0.3, -0.25) is 9.78 Å². The van der Waals surface area contributed by atoms with Gasteiger partial charge in [0.15, 0.2) is 0 Å². The van der Waals surface area contributed by atoms with Crippen molar-refractivity contribution in [2.75, 3.05) is 5.75 Å². The zero-order valence-electron chi connectivity index (χ0n) is 14.6. The van der Waals surface area contributed by atoms with Crippen molar-refractivity contribution in [3.05, 3.63) is 65.4 Å². The number of hydrazone groups is 1. The van der Waals surface area contributed by atoms with E-state index in [9.17, 15) is 9.90 Å². The summed E-state index contributed by atoms with van der Waals surface area (Å²) < 4.78 is 0. The number of phenolic OH excluding ortho intramolecular Hbond substituents is 1. The lowest BCUT2D eigenvalue weighted by atomic mass is 10.1. The van der Waals surface area contributed by atoms with Gasteiger partial charge in [0.25, 0.3) is 0 Å². The van der Waals surface area contributed by atoms with Gasteiger partial charge in [-0.05, 0) is 44.2 Å². The summed E-state index contributed by atoms with van der Waals surface area (Å²) in [4.78, 5) is 17.6.